The number of rotatable bonds is 8. The van der Waals surface area contributed by atoms with Gasteiger partial charge in [0.15, 0.2) is 11.0 Å². The molecule has 2 aromatic heterocycles. The lowest BCUT2D eigenvalue weighted by Gasteiger charge is -2.27. The van der Waals surface area contributed by atoms with Crippen LogP contribution in [0, 0.1) is 17.2 Å². The van der Waals surface area contributed by atoms with Gasteiger partial charge in [-0.05, 0) is 25.0 Å². The van der Waals surface area contributed by atoms with Gasteiger partial charge < -0.3 is 5.32 Å². The first kappa shape index (κ1) is 19.7. The molecule has 136 valence electrons. The van der Waals surface area contributed by atoms with E-state index < -0.39 is 5.54 Å². The van der Waals surface area contributed by atoms with Gasteiger partial charge in [0.05, 0.1) is 11.8 Å². The average molecular weight is 370 g/mol. The average Bonchev–Trinajstić information content (AvgIpc) is 3.03. The molecule has 2 rings (SSSR count). The standard InChI is InChI=1S/C18H22N6OS/c1-5-9-24-16(14-7-6-8-20-10-14)22-23-17(24)26-11-15(25)21-18(4,12-19)13(2)3/h5-8,10,13H,1,9,11H2,2-4H3,(H,21,25)/t18-/m1/s1. The number of aromatic nitrogens is 4. The second-order valence-electron chi connectivity index (χ2n) is 6.25. The van der Waals surface area contributed by atoms with Gasteiger partial charge in [-0.25, -0.2) is 0 Å². The minimum atomic E-state index is -0.896. The lowest BCUT2D eigenvalue weighted by Crippen LogP contribution is -2.49. The Morgan fingerprint density at radius 2 is 2.31 bits per heavy atom. The molecule has 0 aliphatic rings. The summed E-state index contributed by atoms with van der Waals surface area (Å²) >= 11 is 1.27. The zero-order valence-corrected chi connectivity index (χ0v) is 16.0. The van der Waals surface area contributed by atoms with Gasteiger partial charge >= 0.3 is 0 Å². The van der Waals surface area contributed by atoms with E-state index in [0.717, 1.165) is 5.56 Å². The van der Waals surface area contributed by atoms with Crippen LogP contribution < -0.4 is 5.32 Å². The predicted octanol–water partition coefficient (Wildman–Crippen LogP) is 2.67. The third-order valence-corrected chi connectivity index (χ3v) is 5.03. The van der Waals surface area contributed by atoms with Gasteiger partial charge in [0.1, 0.15) is 5.54 Å². The van der Waals surface area contributed by atoms with Crippen molar-refractivity contribution in [3.05, 3.63) is 37.2 Å². The molecular formula is C18H22N6OS. The van der Waals surface area contributed by atoms with Crippen molar-refractivity contribution in [1.82, 2.24) is 25.1 Å². The molecule has 8 heteroatoms. The van der Waals surface area contributed by atoms with Crippen LogP contribution in [0.2, 0.25) is 0 Å². The first-order chi connectivity index (χ1) is 12.4. The lowest BCUT2D eigenvalue weighted by molar-refractivity contribution is -0.120. The van der Waals surface area contributed by atoms with Crippen molar-refractivity contribution in [2.75, 3.05) is 5.75 Å². The molecular weight excluding hydrogens is 348 g/mol. The van der Waals surface area contributed by atoms with Gasteiger partial charge in [0.25, 0.3) is 0 Å². The fraction of sp³-hybridized carbons (Fsp3) is 0.389. The molecule has 0 bridgehead atoms. The Hall–Kier alpha value is -2.66. The minimum Gasteiger partial charge on any atom is -0.337 e. The van der Waals surface area contributed by atoms with Crippen LogP contribution in [-0.4, -0.2) is 36.9 Å². The van der Waals surface area contributed by atoms with E-state index in [4.69, 9.17) is 0 Å². The van der Waals surface area contributed by atoms with E-state index in [0.29, 0.717) is 17.5 Å². The monoisotopic (exact) mass is 370 g/mol. The lowest BCUT2D eigenvalue weighted by atomic mass is 9.90. The van der Waals surface area contributed by atoms with Crippen LogP contribution in [0.3, 0.4) is 0 Å². The van der Waals surface area contributed by atoms with Crippen molar-refractivity contribution in [2.24, 2.45) is 5.92 Å². The summed E-state index contributed by atoms with van der Waals surface area (Å²) in [5.74, 6) is 0.601. The second kappa shape index (κ2) is 8.63. The zero-order valence-electron chi connectivity index (χ0n) is 15.1. The van der Waals surface area contributed by atoms with Crippen LogP contribution in [0.4, 0.5) is 0 Å². The van der Waals surface area contributed by atoms with Crippen LogP contribution in [-0.2, 0) is 11.3 Å². The Labute approximate surface area is 157 Å². The highest BCUT2D eigenvalue weighted by Gasteiger charge is 2.30. The van der Waals surface area contributed by atoms with Gasteiger partial charge in [-0.1, -0.05) is 31.7 Å². The molecule has 0 spiro atoms. The first-order valence-electron chi connectivity index (χ1n) is 8.21. The van der Waals surface area contributed by atoms with Crippen LogP contribution in [0.1, 0.15) is 20.8 Å². The number of carbonyl (C=O) groups excluding carboxylic acids is 1. The molecule has 0 fully saturated rings. The number of nitrogens with zero attached hydrogens (tertiary/aromatic N) is 5. The van der Waals surface area contributed by atoms with Crippen molar-refractivity contribution >= 4 is 17.7 Å². The summed E-state index contributed by atoms with van der Waals surface area (Å²) in [5.41, 5.74) is -0.0529. The Bertz CT molecular complexity index is 811. The number of hydrogen-bond acceptors (Lipinski definition) is 6. The molecule has 0 radical (unpaired) electrons. The van der Waals surface area contributed by atoms with E-state index in [1.807, 2.05) is 30.5 Å². The highest BCUT2D eigenvalue weighted by molar-refractivity contribution is 7.99. The maximum atomic E-state index is 12.3. The largest absolute Gasteiger partial charge is 0.337 e. The molecule has 2 heterocycles. The third kappa shape index (κ3) is 4.49. The molecule has 2 aromatic rings. The Kier molecular flexibility index (Phi) is 6.52. The number of amides is 1. The molecule has 1 N–H and O–H groups in total. The number of carbonyl (C=O) groups is 1. The summed E-state index contributed by atoms with van der Waals surface area (Å²) in [7, 11) is 0. The summed E-state index contributed by atoms with van der Waals surface area (Å²) in [6, 6.07) is 5.90. The van der Waals surface area contributed by atoms with Gasteiger partial charge in [0, 0.05) is 24.5 Å². The van der Waals surface area contributed by atoms with Crippen molar-refractivity contribution in [1.29, 1.82) is 5.26 Å². The molecule has 1 atom stereocenters. The van der Waals surface area contributed by atoms with Crippen molar-refractivity contribution < 1.29 is 4.79 Å². The molecule has 0 aliphatic heterocycles. The summed E-state index contributed by atoms with van der Waals surface area (Å²) in [6.45, 7) is 9.81. The van der Waals surface area contributed by atoms with Gasteiger partial charge in [0.2, 0.25) is 5.91 Å². The highest BCUT2D eigenvalue weighted by atomic mass is 32.2. The molecule has 0 saturated heterocycles. The van der Waals surface area contributed by atoms with E-state index in [-0.39, 0.29) is 17.6 Å². The van der Waals surface area contributed by atoms with Crippen molar-refractivity contribution in [3.8, 4) is 17.5 Å². The summed E-state index contributed by atoms with van der Waals surface area (Å²) < 4.78 is 1.88. The first-order valence-corrected chi connectivity index (χ1v) is 9.19. The normalized spacial score (nSPS) is 13.0. The van der Waals surface area contributed by atoms with E-state index >= 15 is 0 Å². The van der Waals surface area contributed by atoms with E-state index in [1.54, 1.807) is 25.4 Å². The number of allylic oxidation sites excluding steroid dienone is 1. The van der Waals surface area contributed by atoms with Crippen molar-refractivity contribution in [2.45, 2.75) is 38.0 Å². The van der Waals surface area contributed by atoms with Crippen LogP contribution >= 0.6 is 11.8 Å². The maximum absolute atomic E-state index is 12.3. The number of pyridine rings is 1. The maximum Gasteiger partial charge on any atom is 0.231 e. The highest BCUT2D eigenvalue weighted by Crippen LogP contribution is 2.24. The fourth-order valence-corrected chi connectivity index (χ4v) is 2.90. The number of hydrogen-bond donors (Lipinski definition) is 1. The quantitative estimate of drug-likeness (QED) is 0.567. The molecule has 0 aromatic carbocycles. The summed E-state index contributed by atoms with van der Waals surface area (Å²) in [6.07, 6.45) is 5.16. The number of nitriles is 1. The third-order valence-electron chi connectivity index (χ3n) is 4.07. The van der Waals surface area contributed by atoms with E-state index in [1.165, 1.54) is 11.8 Å². The topological polar surface area (TPSA) is 96.5 Å². The smallest absolute Gasteiger partial charge is 0.231 e. The minimum absolute atomic E-state index is 0.00283. The van der Waals surface area contributed by atoms with Crippen LogP contribution in [0.25, 0.3) is 11.4 Å². The molecule has 0 saturated carbocycles. The van der Waals surface area contributed by atoms with Crippen molar-refractivity contribution in [3.63, 3.8) is 0 Å². The SMILES string of the molecule is C=CCn1c(SCC(=O)N[C@](C)(C#N)C(C)C)nnc1-c1cccnc1. The number of thioether (sulfide) groups is 1. The molecule has 0 aliphatic carbocycles. The summed E-state index contributed by atoms with van der Waals surface area (Å²) in [5, 5.41) is 21.1. The Morgan fingerprint density at radius 1 is 1.54 bits per heavy atom. The molecule has 7 nitrogen and oxygen atoms in total. The van der Waals surface area contributed by atoms with Gasteiger partial charge in [-0.3, -0.25) is 14.3 Å². The molecule has 26 heavy (non-hydrogen) atoms. The Morgan fingerprint density at radius 3 is 2.88 bits per heavy atom. The summed E-state index contributed by atoms with van der Waals surface area (Å²) in [4.78, 5) is 16.4. The predicted molar refractivity (Wildman–Crippen MR) is 101 cm³/mol. The van der Waals surface area contributed by atoms with Crippen LogP contribution in [0.5, 0.6) is 0 Å². The molecule has 0 unspecified atom stereocenters. The number of nitrogens with one attached hydrogen (secondary N) is 1. The fourth-order valence-electron chi connectivity index (χ4n) is 2.15. The zero-order chi connectivity index (χ0) is 19.2. The van der Waals surface area contributed by atoms with E-state index in [9.17, 15) is 10.1 Å². The second-order valence-corrected chi connectivity index (χ2v) is 7.20. The Balaban J connectivity index is 2.13. The van der Waals surface area contributed by atoms with Gasteiger partial charge in [-0.2, -0.15) is 5.26 Å². The van der Waals surface area contributed by atoms with E-state index in [2.05, 4.69) is 33.1 Å². The van der Waals surface area contributed by atoms with Gasteiger partial charge in [-0.15, -0.1) is 16.8 Å². The van der Waals surface area contributed by atoms with Crippen LogP contribution in [0.15, 0.2) is 42.3 Å². The molecule has 1 amide bonds.